The summed E-state index contributed by atoms with van der Waals surface area (Å²) < 4.78 is 22.6. The zero-order valence-electron chi connectivity index (χ0n) is 20.2. The van der Waals surface area contributed by atoms with Gasteiger partial charge in [0, 0.05) is 25.3 Å². The molecule has 0 N–H and O–H groups in total. The van der Waals surface area contributed by atoms with Crippen molar-refractivity contribution in [2.45, 2.75) is 32.3 Å². The van der Waals surface area contributed by atoms with Gasteiger partial charge in [0.2, 0.25) is 11.7 Å². The first-order valence-electron chi connectivity index (χ1n) is 11.6. The van der Waals surface area contributed by atoms with E-state index >= 15 is 0 Å². The van der Waals surface area contributed by atoms with Gasteiger partial charge in [-0.2, -0.15) is 5.26 Å². The van der Waals surface area contributed by atoms with E-state index in [0.717, 1.165) is 37.4 Å². The first-order chi connectivity index (χ1) is 16.6. The van der Waals surface area contributed by atoms with Crippen molar-refractivity contribution in [2.75, 3.05) is 51.9 Å². The van der Waals surface area contributed by atoms with Crippen LogP contribution in [0.2, 0.25) is 0 Å². The molecule has 8 heteroatoms. The Labute approximate surface area is 201 Å². The van der Waals surface area contributed by atoms with Crippen molar-refractivity contribution in [3.05, 3.63) is 42.5 Å². The normalized spacial score (nSPS) is 14.2. The lowest BCUT2D eigenvalue weighted by molar-refractivity contribution is -0.120. The molecule has 1 saturated heterocycles. The monoisotopic (exact) mass is 467 g/mol. The Morgan fingerprint density at radius 3 is 2.29 bits per heavy atom. The summed E-state index contributed by atoms with van der Waals surface area (Å²) in [6.07, 6.45) is 1.86. The molecular formula is C26H33N3O5. The molecule has 0 radical (unpaired) electrons. The number of nitriles is 1. The van der Waals surface area contributed by atoms with Crippen LogP contribution in [0, 0.1) is 11.3 Å². The summed E-state index contributed by atoms with van der Waals surface area (Å²) in [6.45, 7) is 4.64. The van der Waals surface area contributed by atoms with Crippen molar-refractivity contribution in [1.29, 1.82) is 5.26 Å². The summed E-state index contributed by atoms with van der Waals surface area (Å²) >= 11 is 0. The predicted octanol–water partition coefficient (Wildman–Crippen LogP) is 3.89. The van der Waals surface area contributed by atoms with E-state index in [1.165, 1.54) is 0 Å². The van der Waals surface area contributed by atoms with E-state index in [1.54, 1.807) is 19.1 Å². The number of para-hydroxylation sites is 1. The third-order valence-electron chi connectivity index (χ3n) is 5.77. The molecule has 1 heterocycles. The first-order valence-corrected chi connectivity index (χ1v) is 11.6. The number of anilines is 1. The van der Waals surface area contributed by atoms with Crippen LogP contribution in [0.5, 0.6) is 23.0 Å². The number of likely N-dealkylation sites (tertiary alicyclic amines) is 1. The number of rotatable bonds is 11. The third-order valence-corrected chi connectivity index (χ3v) is 5.77. The molecule has 0 saturated carbocycles. The molecule has 1 fully saturated rings. The average molecular weight is 468 g/mol. The van der Waals surface area contributed by atoms with Gasteiger partial charge in [0.25, 0.3) is 0 Å². The van der Waals surface area contributed by atoms with Gasteiger partial charge in [0.15, 0.2) is 11.5 Å². The molecular weight excluding hydrogens is 434 g/mol. The predicted molar refractivity (Wildman–Crippen MR) is 130 cm³/mol. The first kappa shape index (κ1) is 25.2. The molecule has 182 valence electrons. The van der Waals surface area contributed by atoms with Crippen LogP contribution in [0.4, 0.5) is 5.69 Å². The molecule has 1 aliphatic rings. The van der Waals surface area contributed by atoms with Gasteiger partial charge in [0.1, 0.15) is 11.9 Å². The van der Waals surface area contributed by atoms with Crippen LogP contribution >= 0.6 is 0 Å². The largest absolute Gasteiger partial charge is 0.494 e. The van der Waals surface area contributed by atoms with Crippen LogP contribution in [-0.2, 0) is 4.79 Å². The number of amides is 1. The number of hydrogen-bond acceptors (Lipinski definition) is 7. The zero-order valence-corrected chi connectivity index (χ0v) is 20.2. The van der Waals surface area contributed by atoms with Crippen molar-refractivity contribution in [3.8, 4) is 29.1 Å². The van der Waals surface area contributed by atoms with Gasteiger partial charge in [0.05, 0.1) is 39.9 Å². The second kappa shape index (κ2) is 12.7. The number of carbonyl (C=O) groups is 1. The van der Waals surface area contributed by atoms with Crippen LogP contribution in [0.25, 0.3) is 0 Å². The van der Waals surface area contributed by atoms with Gasteiger partial charge >= 0.3 is 0 Å². The minimum atomic E-state index is -0.0230. The molecule has 2 aromatic carbocycles. The van der Waals surface area contributed by atoms with Crippen LogP contribution in [0.15, 0.2) is 42.5 Å². The molecule has 0 spiro atoms. The molecule has 8 nitrogen and oxygen atoms in total. The molecule has 1 amide bonds. The second-order valence-corrected chi connectivity index (χ2v) is 7.97. The molecule has 0 bridgehead atoms. The number of carbonyl (C=O) groups excluding carboxylic acids is 1. The highest BCUT2D eigenvalue weighted by Gasteiger charge is 2.26. The number of piperidine rings is 1. The molecule has 0 atom stereocenters. The summed E-state index contributed by atoms with van der Waals surface area (Å²) in [7, 11) is 3.22. The summed E-state index contributed by atoms with van der Waals surface area (Å²) in [4.78, 5) is 17.0. The van der Waals surface area contributed by atoms with E-state index in [0.29, 0.717) is 36.9 Å². The van der Waals surface area contributed by atoms with Crippen LogP contribution in [-0.4, -0.2) is 63.9 Å². The van der Waals surface area contributed by atoms with Crippen molar-refractivity contribution in [1.82, 2.24) is 4.90 Å². The highest BCUT2D eigenvalue weighted by atomic mass is 16.5. The maximum absolute atomic E-state index is 13.1. The van der Waals surface area contributed by atoms with E-state index in [1.807, 2.05) is 49.4 Å². The molecule has 34 heavy (non-hydrogen) atoms. The fourth-order valence-corrected chi connectivity index (χ4v) is 4.01. The zero-order chi connectivity index (χ0) is 24.3. The summed E-state index contributed by atoms with van der Waals surface area (Å²) in [5, 5.41) is 9.05. The summed E-state index contributed by atoms with van der Waals surface area (Å²) in [6, 6.07) is 15.1. The maximum Gasteiger partial charge on any atom is 0.241 e. The maximum atomic E-state index is 13.1. The SMILES string of the molecule is CCOc1ccc(N(CCC#N)C(=O)CN2CCC(Oc3c(OC)cccc3OC)CC2)cc1. The fourth-order valence-electron chi connectivity index (χ4n) is 4.01. The Morgan fingerprint density at radius 2 is 1.74 bits per heavy atom. The topological polar surface area (TPSA) is 84.3 Å². The van der Waals surface area contributed by atoms with Crippen molar-refractivity contribution >= 4 is 11.6 Å². The number of nitrogens with zero attached hydrogens (tertiary/aromatic N) is 3. The molecule has 0 aliphatic carbocycles. The van der Waals surface area contributed by atoms with E-state index in [2.05, 4.69) is 11.0 Å². The Hall–Kier alpha value is -3.44. The van der Waals surface area contributed by atoms with Crippen molar-refractivity contribution in [3.63, 3.8) is 0 Å². The molecule has 2 aromatic rings. The number of methoxy groups -OCH3 is 2. The lowest BCUT2D eigenvalue weighted by atomic mass is 10.1. The van der Waals surface area contributed by atoms with E-state index in [-0.39, 0.29) is 18.4 Å². The van der Waals surface area contributed by atoms with Crippen LogP contribution in [0.3, 0.4) is 0 Å². The lowest BCUT2D eigenvalue weighted by Gasteiger charge is -2.33. The Kier molecular flexibility index (Phi) is 9.41. The standard InChI is InChI=1S/C26H33N3O5/c1-4-33-21-11-9-20(10-12-21)29(16-6-15-27)25(30)19-28-17-13-22(14-18-28)34-26-23(31-2)7-5-8-24(26)32-3/h5,7-12,22H,4,6,13-14,16-19H2,1-3H3. The third kappa shape index (κ3) is 6.55. The van der Waals surface area contributed by atoms with Crippen molar-refractivity contribution < 1.29 is 23.7 Å². The smallest absolute Gasteiger partial charge is 0.241 e. The molecule has 0 unspecified atom stereocenters. The Morgan fingerprint density at radius 1 is 1.09 bits per heavy atom. The van der Waals surface area contributed by atoms with E-state index in [4.69, 9.17) is 24.2 Å². The average Bonchev–Trinajstić information content (AvgIpc) is 2.86. The van der Waals surface area contributed by atoms with Gasteiger partial charge in [-0.05, 0) is 56.2 Å². The summed E-state index contributed by atoms with van der Waals surface area (Å²) in [5.41, 5.74) is 0.769. The number of benzene rings is 2. The number of hydrogen-bond donors (Lipinski definition) is 0. The highest BCUT2D eigenvalue weighted by molar-refractivity contribution is 5.94. The highest BCUT2D eigenvalue weighted by Crippen LogP contribution is 2.38. The quantitative estimate of drug-likeness (QED) is 0.496. The Balaban J connectivity index is 1.58. The second-order valence-electron chi connectivity index (χ2n) is 7.97. The van der Waals surface area contributed by atoms with Crippen LogP contribution in [0.1, 0.15) is 26.2 Å². The van der Waals surface area contributed by atoms with E-state index < -0.39 is 0 Å². The van der Waals surface area contributed by atoms with Crippen LogP contribution < -0.4 is 23.8 Å². The van der Waals surface area contributed by atoms with Gasteiger partial charge in [-0.25, -0.2) is 0 Å². The molecule has 0 aromatic heterocycles. The van der Waals surface area contributed by atoms with Crippen molar-refractivity contribution in [2.24, 2.45) is 0 Å². The molecule has 1 aliphatic heterocycles. The fraction of sp³-hybridized carbons (Fsp3) is 0.462. The number of ether oxygens (including phenoxy) is 4. The molecule has 3 rings (SSSR count). The van der Waals surface area contributed by atoms with Gasteiger partial charge in [-0.1, -0.05) is 6.07 Å². The lowest BCUT2D eigenvalue weighted by Crippen LogP contribution is -2.45. The summed E-state index contributed by atoms with van der Waals surface area (Å²) in [5.74, 6) is 2.62. The van der Waals surface area contributed by atoms with Gasteiger partial charge in [-0.15, -0.1) is 0 Å². The van der Waals surface area contributed by atoms with Gasteiger partial charge < -0.3 is 23.8 Å². The Bertz CT molecular complexity index is 943. The van der Waals surface area contributed by atoms with Gasteiger partial charge in [-0.3, -0.25) is 9.69 Å². The minimum Gasteiger partial charge on any atom is -0.494 e. The minimum absolute atomic E-state index is 0.0114. The van der Waals surface area contributed by atoms with E-state index in [9.17, 15) is 4.79 Å².